The van der Waals surface area contributed by atoms with E-state index in [2.05, 4.69) is 6.08 Å². The van der Waals surface area contributed by atoms with Crippen molar-refractivity contribution in [2.45, 2.75) is 13.3 Å². The van der Waals surface area contributed by atoms with Crippen molar-refractivity contribution < 1.29 is 9.59 Å². The van der Waals surface area contributed by atoms with E-state index in [1.807, 2.05) is 55.5 Å². The lowest BCUT2D eigenvalue weighted by atomic mass is 9.78. The van der Waals surface area contributed by atoms with Gasteiger partial charge < -0.3 is 0 Å². The normalized spacial score (nSPS) is 27.5. The lowest BCUT2D eigenvalue weighted by Crippen LogP contribution is -2.31. The summed E-state index contributed by atoms with van der Waals surface area (Å²) in [5.41, 5.74) is 0.717. The smallest absolute Gasteiger partial charge is 0.238 e. The molecule has 2 aliphatic rings. The van der Waals surface area contributed by atoms with E-state index in [0.29, 0.717) is 6.42 Å². The largest absolute Gasteiger partial charge is 0.274 e. The third kappa shape index (κ3) is 1.75. The molecule has 0 aromatic heterocycles. The number of carbonyl (C=O) groups is 2. The molecule has 1 saturated heterocycles. The topological polar surface area (TPSA) is 37.4 Å². The van der Waals surface area contributed by atoms with Crippen molar-refractivity contribution in [2.24, 2.45) is 17.8 Å². The van der Waals surface area contributed by atoms with Gasteiger partial charge in [-0.25, -0.2) is 4.90 Å². The molecule has 0 radical (unpaired) electrons. The maximum atomic E-state index is 12.9. The number of rotatable bonds is 1. The minimum Gasteiger partial charge on any atom is -0.274 e. The van der Waals surface area contributed by atoms with E-state index in [-0.39, 0.29) is 29.6 Å². The molecule has 1 fully saturated rings. The van der Waals surface area contributed by atoms with Crippen LogP contribution in [0.2, 0.25) is 0 Å². The van der Waals surface area contributed by atoms with Crippen LogP contribution in [0.4, 0.5) is 5.69 Å². The van der Waals surface area contributed by atoms with Crippen LogP contribution in [0.5, 0.6) is 0 Å². The molecule has 3 heteroatoms. The summed E-state index contributed by atoms with van der Waals surface area (Å²) in [4.78, 5) is 27.1. The number of anilines is 1. The van der Waals surface area contributed by atoms with E-state index < -0.39 is 0 Å². The first-order valence-electron chi connectivity index (χ1n) is 7.70. The van der Waals surface area contributed by atoms with Gasteiger partial charge >= 0.3 is 0 Å². The number of amides is 2. The first-order chi connectivity index (χ1) is 10.7. The second-order valence-electron chi connectivity index (χ2n) is 6.17. The molecule has 0 saturated carbocycles. The summed E-state index contributed by atoms with van der Waals surface area (Å²) in [6.45, 7) is 2.02. The zero-order valence-corrected chi connectivity index (χ0v) is 12.4. The molecule has 1 aliphatic heterocycles. The molecule has 3 nitrogen and oxygen atoms in total. The van der Waals surface area contributed by atoms with Gasteiger partial charge in [0.15, 0.2) is 0 Å². The number of hydrogen-bond donors (Lipinski definition) is 0. The van der Waals surface area contributed by atoms with E-state index in [1.54, 1.807) is 0 Å². The third-order valence-corrected chi connectivity index (χ3v) is 4.88. The van der Waals surface area contributed by atoms with E-state index >= 15 is 0 Å². The summed E-state index contributed by atoms with van der Waals surface area (Å²) in [7, 11) is 0. The Morgan fingerprint density at radius 1 is 1.00 bits per heavy atom. The van der Waals surface area contributed by atoms with E-state index in [0.717, 1.165) is 16.5 Å². The summed E-state index contributed by atoms with van der Waals surface area (Å²) >= 11 is 0. The van der Waals surface area contributed by atoms with Crippen LogP contribution in [0.1, 0.15) is 13.3 Å². The minimum atomic E-state index is -0.212. The lowest BCUT2D eigenvalue weighted by Gasteiger charge is -2.22. The average molecular weight is 291 g/mol. The molecule has 2 aromatic carbocycles. The Kier molecular flexibility index (Phi) is 2.89. The highest BCUT2D eigenvalue weighted by atomic mass is 16.2. The molecule has 110 valence electrons. The van der Waals surface area contributed by atoms with Crippen LogP contribution >= 0.6 is 0 Å². The van der Waals surface area contributed by atoms with Crippen molar-refractivity contribution in [1.82, 2.24) is 0 Å². The van der Waals surface area contributed by atoms with Crippen LogP contribution < -0.4 is 4.90 Å². The first-order valence-corrected chi connectivity index (χ1v) is 7.70. The monoisotopic (exact) mass is 291 g/mol. The molecule has 22 heavy (non-hydrogen) atoms. The van der Waals surface area contributed by atoms with E-state index in [1.165, 1.54) is 4.90 Å². The van der Waals surface area contributed by atoms with Gasteiger partial charge in [-0.15, -0.1) is 0 Å². The van der Waals surface area contributed by atoms with Crippen LogP contribution in [-0.4, -0.2) is 11.8 Å². The summed E-state index contributed by atoms with van der Waals surface area (Å²) in [5.74, 6) is -0.399. The fourth-order valence-corrected chi connectivity index (χ4v) is 3.79. The summed E-state index contributed by atoms with van der Waals surface area (Å²) in [6, 6.07) is 13.6. The Labute approximate surface area is 129 Å². The minimum absolute atomic E-state index is 0.0526. The van der Waals surface area contributed by atoms with Crippen LogP contribution in [0.3, 0.4) is 0 Å². The Morgan fingerprint density at radius 3 is 2.59 bits per heavy atom. The van der Waals surface area contributed by atoms with Crippen LogP contribution in [0.25, 0.3) is 10.8 Å². The molecule has 4 rings (SSSR count). The number of carbonyl (C=O) groups excluding carboxylic acids is 2. The zero-order chi connectivity index (χ0) is 15.3. The van der Waals surface area contributed by atoms with Crippen molar-refractivity contribution in [3.05, 3.63) is 54.6 Å². The highest BCUT2D eigenvalue weighted by molar-refractivity contribution is 6.25. The molecule has 1 aliphatic carbocycles. The van der Waals surface area contributed by atoms with Crippen LogP contribution in [0, 0.1) is 17.8 Å². The lowest BCUT2D eigenvalue weighted by molar-refractivity contribution is -0.122. The highest BCUT2D eigenvalue weighted by Gasteiger charge is 2.50. The van der Waals surface area contributed by atoms with Crippen LogP contribution in [-0.2, 0) is 9.59 Å². The van der Waals surface area contributed by atoms with Crippen molar-refractivity contribution in [3.8, 4) is 0 Å². The molecule has 0 spiro atoms. The average Bonchev–Trinajstić information content (AvgIpc) is 2.79. The molecule has 0 bridgehead atoms. The molecule has 3 atom stereocenters. The van der Waals surface area contributed by atoms with Crippen molar-refractivity contribution in [2.75, 3.05) is 4.90 Å². The number of nitrogens with zero attached hydrogens (tertiary/aromatic N) is 1. The number of benzene rings is 2. The zero-order valence-electron chi connectivity index (χ0n) is 12.4. The van der Waals surface area contributed by atoms with Gasteiger partial charge in [0.2, 0.25) is 11.8 Å². The molecular weight excluding hydrogens is 274 g/mol. The predicted molar refractivity (Wildman–Crippen MR) is 86.3 cm³/mol. The summed E-state index contributed by atoms with van der Waals surface area (Å²) in [5, 5.41) is 1.99. The van der Waals surface area contributed by atoms with Crippen molar-refractivity contribution in [1.29, 1.82) is 0 Å². The molecule has 1 heterocycles. The SMILES string of the molecule is C[C@@H]1C=CC[C@H]2C(=O)N(c3cccc4ccccc34)C(=O)[C@@H]12. The van der Waals surface area contributed by atoms with Gasteiger partial charge in [0.25, 0.3) is 0 Å². The van der Waals surface area contributed by atoms with Gasteiger partial charge in [0.1, 0.15) is 0 Å². The Morgan fingerprint density at radius 2 is 1.77 bits per heavy atom. The Bertz CT molecular complexity index is 803. The van der Waals surface area contributed by atoms with E-state index in [9.17, 15) is 9.59 Å². The highest BCUT2D eigenvalue weighted by Crippen LogP contribution is 2.41. The fourth-order valence-electron chi connectivity index (χ4n) is 3.79. The van der Waals surface area contributed by atoms with Crippen molar-refractivity contribution >= 4 is 28.3 Å². The van der Waals surface area contributed by atoms with Crippen LogP contribution in [0.15, 0.2) is 54.6 Å². The number of hydrogen-bond acceptors (Lipinski definition) is 2. The second-order valence-corrected chi connectivity index (χ2v) is 6.17. The van der Waals surface area contributed by atoms with Gasteiger partial charge in [0.05, 0.1) is 17.5 Å². The van der Waals surface area contributed by atoms with Crippen molar-refractivity contribution in [3.63, 3.8) is 0 Å². The van der Waals surface area contributed by atoms with E-state index in [4.69, 9.17) is 0 Å². The standard InChI is InChI=1S/C19H17NO2/c1-12-6-4-10-15-17(12)19(22)20(18(15)21)16-11-5-8-13-7-2-3-9-14(13)16/h2-9,11-12,15,17H,10H2,1H3/t12-,15-,17+/m1/s1. The molecular formula is C19H17NO2. The van der Waals surface area contributed by atoms with Gasteiger partial charge in [-0.1, -0.05) is 55.5 Å². The van der Waals surface area contributed by atoms with Gasteiger partial charge in [-0.3, -0.25) is 9.59 Å². The molecule has 2 amide bonds. The summed E-state index contributed by atoms with van der Waals surface area (Å²) in [6.07, 6.45) is 4.75. The van der Waals surface area contributed by atoms with Gasteiger partial charge in [-0.2, -0.15) is 0 Å². The third-order valence-electron chi connectivity index (χ3n) is 4.88. The first kappa shape index (κ1) is 13.3. The fraction of sp³-hybridized carbons (Fsp3) is 0.263. The maximum Gasteiger partial charge on any atom is 0.238 e. The molecule has 0 unspecified atom stereocenters. The Hall–Kier alpha value is -2.42. The van der Waals surface area contributed by atoms with Gasteiger partial charge in [0, 0.05) is 5.39 Å². The molecule has 2 aromatic rings. The number of imide groups is 1. The molecule has 0 N–H and O–H groups in total. The van der Waals surface area contributed by atoms with Gasteiger partial charge in [-0.05, 0) is 23.8 Å². The Balaban J connectivity index is 1.86. The summed E-state index contributed by atoms with van der Waals surface area (Å²) < 4.78 is 0. The number of allylic oxidation sites excluding steroid dienone is 2. The maximum absolute atomic E-state index is 12.9. The second kappa shape index (κ2) is 4.80. The predicted octanol–water partition coefficient (Wildman–Crippen LogP) is 3.54. The quantitative estimate of drug-likeness (QED) is 0.595. The number of fused-ring (bicyclic) bond motifs is 2.